The number of fused-ring (bicyclic) bond motifs is 12. The Kier molecular flexibility index (Phi) is 7.61. The van der Waals surface area contributed by atoms with Crippen molar-refractivity contribution in [3.8, 4) is 44.8 Å². The second kappa shape index (κ2) is 13.7. The average Bonchev–Trinajstić information content (AvgIpc) is 4.09. The van der Waals surface area contributed by atoms with E-state index in [1.54, 1.807) is 0 Å². The van der Waals surface area contributed by atoms with Crippen molar-refractivity contribution in [1.29, 1.82) is 0 Å². The monoisotopic (exact) mass is 808 g/mol. The molecule has 294 valence electrons. The Balaban J connectivity index is 1.09. The van der Waals surface area contributed by atoms with Crippen molar-refractivity contribution < 1.29 is 0 Å². The molecular formula is C60H38B2N2. The quantitative estimate of drug-likeness (QED) is 0.153. The molecule has 10 aromatic carbocycles. The Hall–Kier alpha value is -8.07. The first-order chi connectivity index (χ1) is 31.8. The number of benzene rings is 10. The maximum atomic E-state index is 2.54. The lowest BCUT2D eigenvalue weighted by Crippen LogP contribution is -2.50. The van der Waals surface area contributed by atoms with E-state index in [1.165, 1.54) is 115 Å². The van der Waals surface area contributed by atoms with E-state index in [-0.39, 0.29) is 13.4 Å². The topological polar surface area (TPSA) is 9.86 Å². The molecule has 64 heavy (non-hydrogen) atoms. The largest absolute Gasteiger partial charge is 0.309 e. The van der Waals surface area contributed by atoms with Crippen LogP contribution in [0.15, 0.2) is 231 Å². The predicted octanol–water partition coefficient (Wildman–Crippen LogP) is 10.5. The van der Waals surface area contributed by atoms with Crippen molar-refractivity contribution in [2.75, 3.05) is 0 Å². The highest BCUT2D eigenvalue weighted by molar-refractivity contribution is 7.00. The Labute approximate surface area is 372 Å². The molecule has 2 aromatic heterocycles. The van der Waals surface area contributed by atoms with Crippen molar-refractivity contribution in [1.82, 2.24) is 9.13 Å². The molecule has 2 aliphatic heterocycles. The van der Waals surface area contributed by atoms with Crippen LogP contribution in [0.5, 0.6) is 0 Å². The number of para-hydroxylation sites is 4. The van der Waals surface area contributed by atoms with Gasteiger partial charge >= 0.3 is 0 Å². The SMILES string of the molecule is c1ccc2c(c1)B(c1ccc(-c3ccc(-n4c5ccccc5c5ccccc54)cc3B3c4ccccc4-c4ccccc43)c(-n3c4ccccc4c4ccccc43)c1)c1ccccc1-2. The van der Waals surface area contributed by atoms with Crippen molar-refractivity contribution in [2.24, 2.45) is 0 Å². The van der Waals surface area contributed by atoms with Gasteiger partial charge in [0, 0.05) is 32.8 Å². The van der Waals surface area contributed by atoms with Gasteiger partial charge in [-0.05, 0) is 70.3 Å². The number of hydrogen-bond donors (Lipinski definition) is 0. The van der Waals surface area contributed by atoms with E-state index in [0.717, 1.165) is 5.69 Å². The highest BCUT2D eigenvalue weighted by atomic mass is 15.0. The molecule has 0 N–H and O–H groups in total. The first-order valence-electron chi connectivity index (χ1n) is 22.4. The highest BCUT2D eigenvalue weighted by Crippen LogP contribution is 2.38. The Morgan fingerprint density at radius 1 is 0.250 bits per heavy atom. The summed E-state index contributed by atoms with van der Waals surface area (Å²) >= 11 is 0. The molecule has 4 heteroatoms. The van der Waals surface area contributed by atoms with Gasteiger partial charge in [-0.15, -0.1) is 0 Å². The van der Waals surface area contributed by atoms with Crippen LogP contribution in [0.1, 0.15) is 0 Å². The van der Waals surface area contributed by atoms with E-state index >= 15 is 0 Å². The van der Waals surface area contributed by atoms with Crippen LogP contribution in [0.3, 0.4) is 0 Å². The third kappa shape index (κ3) is 4.99. The van der Waals surface area contributed by atoms with Crippen LogP contribution in [0.25, 0.3) is 88.4 Å². The lowest BCUT2D eigenvalue weighted by Gasteiger charge is -2.23. The van der Waals surface area contributed by atoms with E-state index in [9.17, 15) is 0 Å². The van der Waals surface area contributed by atoms with Gasteiger partial charge < -0.3 is 9.13 Å². The van der Waals surface area contributed by atoms with Gasteiger partial charge in [0.2, 0.25) is 13.4 Å². The summed E-state index contributed by atoms with van der Waals surface area (Å²) in [6, 6.07) is 86.3. The zero-order valence-electron chi connectivity index (χ0n) is 35.0. The minimum Gasteiger partial charge on any atom is -0.309 e. The van der Waals surface area contributed by atoms with Gasteiger partial charge in [0.1, 0.15) is 0 Å². The first kappa shape index (κ1) is 35.5. The van der Waals surface area contributed by atoms with E-state index < -0.39 is 0 Å². The van der Waals surface area contributed by atoms with E-state index in [0.29, 0.717) is 0 Å². The van der Waals surface area contributed by atoms with E-state index in [2.05, 4.69) is 240 Å². The number of rotatable bonds is 5. The summed E-state index contributed by atoms with van der Waals surface area (Å²) in [5, 5.41) is 5.04. The molecule has 0 bridgehead atoms. The molecule has 0 radical (unpaired) electrons. The second-order valence-electron chi connectivity index (χ2n) is 17.5. The standard InChI is InChI=1S/C60H38B2N2/c1-9-25-51-41(17-1)42-18-2-10-26-52(42)61(51)39-33-35-50(60(37-39)64-58-31-15-7-23-48(58)49-24-8-16-32-59(49)64)45-36-34-40(63-56-29-13-5-21-46(56)47-22-6-14-30-57(47)63)38-55(45)62-53-27-11-3-19-43(53)44-20-4-12-28-54(44)62/h1-38H. The summed E-state index contributed by atoms with van der Waals surface area (Å²) in [7, 11) is 0. The number of aromatic nitrogens is 2. The summed E-state index contributed by atoms with van der Waals surface area (Å²) in [5.41, 5.74) is 22.9. The molecule has 12 aromatic rings. The first-order valence-corrected chi connectivity index (χ1v) is 22.4. The van der Waals surface area contributed by atoms with E-state index in [4.69, 9.17) is 0 Å². The van der Waals surface area contributed by atoms with Gasteiger partial charge in [0.25, 0.3) is 0 Å². The summed E-state index contributed by atoms with van der Waals surface area (Å²) in [6.07, 6.45) is 0. The summed E-state index contributed by atoms with van der Waals surface area (Å²) in [5.74, 6) is 0. The fourth-order valence-electron chi connectivity index (χ4n) is 11.7. The van der Waals surface area contributed by atoms with Crippen molar-refractivity contribution in [3.63, 3.8) is 0 Å². The minimum atomic E-state index is 0.0229. The van der Waals surface area contributed by atoms with Gasteiger partial charge in [-0.1, -0.05) is 221 Å². The van der Waals surface area contributed by atoms with E-state index in [1.807, 2.05) is 0 Å². The molecule has 14 rings (SSSR count). The number of nitrogens with zero attached hydrogens (tertiary/aromatic N) is 2. The zero-order valence-corrected chi connectivity index (χ0v) is 35.0. The summed E-state index contributed by atoms with van der Waals surface area (Å²) in [4.78, 5) is 0. The van der Waals surface area contributed by atoms with Crippen LogP contribution in [0, 0.1) is 0 Å². The maximum Gasteiger partial charge on any atom is 0.243 e. The highest BCUT2D eigenvalue weighted by Gasteiger charge is 2.37. The molecule has 2 nitrogen and oxygen atoms in total. The van der Waals surface area contributed by atoms with Crippen LogP contribution in [0.2, 0.25) is 0 Å². The molecule has 0 amide bonds. The molecule has 0 saturated heterocycles. The molecule has 0 fully saturated rings. The molecule has 0 unspecified atom stereocenters. The van der Waals surface area contributed by atoms with Gasteiger partial charge in [-0.2, -0.15) is 0 Å². The fraction of sp³-hybridized carbons (Fsp3) is 0. The van der Waals surface area contributed by atoms with Gasteiger partial charge in [-0.3, -0.25) is 0 Å². The van der Waals surface area contributed by atoms with Gasteiger partial charge in [-0.25, -0.2) is 0 Å². The third-order valence-electron chi connectivity index (χ3n) is 14.3. The van der Waals surface area contributed by atoms with Crippen LogP contribution in [-0.4, -0.2) is 22.6 Å². The summed E-state index contributed by atoms with van der Waals surface area (Å²) in [6.45, 7) is 0.133. The van der Waals surface area contributed by atoms with Crippen LogP contribution >= 0.6 is 0 Å². The fourth-order valence-corrected chi connectivity index (χ4v) is 11.7. The molecular weight excluding hydrogens is 770 g/mol. The molecule has 2 aliphatic rings. The van der Waals surface area contributed by atoms with Gasteiger partial charge in [0.15, 0.2) is 0 Å². The molecule has 0 saturated carbocycles. The lowest BCUT2D eigenvalue weighted by atomic mass is 9.37. The molecule has 0 spiro atoms. The minimum absolute atomic E-state index is 0.0229. The summed E-state index contributed by atoms with van der Waals surface area (Å²) < 4.78 is 5.01. The van der Waals surface area contributed by atoms with Crippen molar-refractivity contribution in [2.45, 2.75) is 0 Å². The molecule has 0 atom stereocenters. The van der Waals surface area contributed by atoms with Crippen LogP contribution < -0.4 is 32.8 Å². The zero-order chi connectivity index (χ0) is 41.9. The van der Waals surface area contributed by atoms with Crippen LogP contribution in [0.4, 0.5) is 0 Å². The normalized spacial score (nSPS) is 12.6. The predicted molar refractivity (Wildman–Crippen MR) is 274 cm³/mol. The average molecular weight is 809 g/mol. The molecule has 0 aliphatic carbocycles. The molecule has 4 heterocycles. The maximum absolute atomic E-state index is 2.54. The van der Waals surface area contributed by atoms with Gasteiger partial charge in [0.05, 0.1) is 27.8 Å². The van der Waals surface area contributed by atoms with Crippen LogP contribution in [-0.2, 0) is 0 Å². The number of hydrogen-bond acceptors (Lipinski definition) is 0. The Morgan fingerprint density at radius 3 is 1.08 bits per heavy atom. The Morgan fingerprint density at radius 2 is 0.609 bits per heavy atom. The Bertz CT molecular complexity index is 3690. The smallest absolute Gasteiger partial charge is 0.243 e. The lowest BCUT2D eigenvalue weighted by molar-refractivity contribution is 1.18. The second-order valence-corrected chi connectivity index (χ2v) is 17.5. The third-order valence-corrected chi connectivity index (χ3v) is 14.3. The van der Waals surface area contributed by atoms with Crippen molar-refractivity contribution >= 4 is 89.8 Å². The van der Waals surface area contributed by atoms with Crippen molar-refractivity contribution in [3.05, 3.63) is 231 Å².